The molecule has 6 rings (SSSR count). The first kappa shape index (κ1) is 25.9. The van der Waals surface area contributed by atoms with Gasteiger partial charge in [0.25, 0.3) is 5.91 Å². The van der Waals surface area contributed by atoms with E-state index in [9.17, 15) is 26.7 Å². The first-order valence-electron chi connectivity index (χ1n) is 12.6. The Kier molecular flexibility index (Phi) is 6.22. The number of benzene rings is 2. The highest BCUT2D eigenvalue weighted by atomic mass is 19.4. The minimum absolute atomic E-state index is 0.0428. The number of rotatable bonds is 6. The van der Waals surface area contributed by atoms with Gasteiger partial charge in [0.05, 0.1) is 25.3 Å². The molecular weight excluding hydrogens is 521 g/mol. The second-order valence-electron chi connectivity index (χ2n) is 10.6. The lowest BCUT2D eigenvalue weighted by Crippen LogP contribution is -2.49. The normalized spacial score (nSPS) is 22.8. The van der Waals surface area contributed by atoms with Crippen LogP contribution in [0.2, 0.25) is 0 Å². The molecule has 12 heteroatoms. The number of carbonyl (C=O) groups is 1. The molecule has 0 N–H and O–H groups in total. The fraction of sp³-hybridized carbons (Fsp3) is 0.444. The molecule has 1 aromatic heterocycles. The van der Waals surface area contributed by atoms with Crippen molar-refractivity contribution >= 4 is 11.6 Å². The average molecular weight is 548 g/mol. The van der Waals surface area contributed by atoms with E-state index in [1.807, 2.05) is 23.7 Å². The molecule has 2 fully saturated rings. The van der Waals surface area contributed by atoms with Gasteiger partial charge in [-0.15, -0.1) is 10.2 Å². The number of amides is 1. The number of likely N-dealkylation sites (tertiary alicyclic amines) is 1. The topological polar surface area (TPSA) is 63.5 Å². The van der Waals surface area contributed by atoms with Crippen LogP contribution in [0.4, 0.5) is 27.6 Å². The van der Waals surface area contributed by atoms with E-state index in [-0.39, 0.29) is 42.9 Å². The van der Waals surface area contributed by atoms with Crippen LogP contribution in [0.5, 0.6) is 0 Å². The molecule has 7 nitrogen and oxygen atoms in total. The highest BCUT2D eigenvalue weighted by Gasteiger charge is 2.44. The standard InChI is InChI=1S/C27H26F5N5O2/c1-35-15-33-34-24(35)8-26(13-39-14-26)17-3-2-4-18(7-17)37-10-20-19(25(37)38)5-16(6-21(20)27(30,31)32)9-36-11-22(28)23(29)12-36/h2-7,15,22-23H,8-14H2,1H3/t22-,23+. The molecule has 3 aromatic rings. The molecule has 3 aliphatic heterocycles. The zero-order chi connectivity index (χ0) is 27.5. The van der Waals surface area contributed by atoms with Gasteiger partial charge in [-0.1, -0.05) is 12.1 Å². The lowest BCUT2D eigenvalue weighted by molar-refractivity contribution is -0.138. The third kappa shape index (κ3) is 4.59. The van der Waals surface area contributed by atoms with Crippen molar-refractivity contribution in [2.75, 3.05) is 31.2 Å². The minimum atomic E-state index is -4.70. The maximum atomic E-state index is 14.1. The van der Waals surface area contributed by atoms with E-state index in [0.29, 0.717) is 25.3 Å². The van der Waals surface area contributed by atoms with Crippen molar-refractivity contribution in [3.8, 4) is 0 Å². The monoisotopic (exact) mass is 547 g/mol. The molecule has 2 atom stereocenters. The maximum Gasteiger partial charge on any atom is 0.416 e. The largest absolute Gasteiger partial charge is 0.416 e. The van der Waals surface area contributed by atoms with Crippen molar-refractivity contribution in [3.05, 3.63) is 76.4 Å². The molecular formula is C27H26F5N5O2. The zero-order valence-corrected chi connectivity index (χ0v) is 21.1. The highest BCUT2D eigenvalue weighted by Crippen LogP contribution is 2.42. The number of nitrogens with zero attached hydrogens (tertiary/aromatic N) is 5. The molecule has 1 amide bonds. The number of hydrogen-bond acceptors (Lipinski definition) is 5. The van der Waals surface area contributed by atoms with Crippen molar-refractivity contribution in [1.82, 2.24) is 19.7 Å². The van der Waals surface area contributed by atoms with Gasteiger partial charge in [0, 0.05) is 49.8 Å². The van der Waals surface area contributed by atoms with Gasteiger partial charge in [-0.2, -0.15) is 13.2 Å². The van der Waals surface area contributed by atoms with E-state index in [2.05, 4.69) is 10.2 Å². The minimum Gasteiger partial charge on any atom is -0.379 e. The van der Waals surface area contributed by atoms with Crippen LogP contribution in [-0.4, -0.2) is 64.2 Å². The summed E-state index contributed by atoms with van der Waals surface area (Å²) in [5, 5.41) is 8.11. The summed E-state index contributed by atoms with van der Waals surface area (Å²) < 4.78 is 77.0. The van der Waals surface area contributed by atoms with Crippen molar-refractivity contribution < 1.29 is 31.5 Å². The van der Waals surface area contributed by atoms with Gasteiger partial charge in [-0.3, -0.25) is 9.69 Å². The number of carbonyl (C=O) groups excluding carboxylic acids is 1. The third-order valence-corrected chi connectivity index (χ3v) is 7.90. The molecule has 0 bridgehead atoms. The van der Waals surface area contributed by atoms with Crippen molar-refractivity contribution in [1.29, 1.82) is 0 Å². The lowest BCUT2D eigenvalue weighted by atomic mass is 9.75. The Morgan fingerprint density at radius 3 is 2.46 bits per heavy atom. The predicted octanol–water partition coefficient (Wildman–Crippen LogP) is 4.00. The first-order valence-corrected chi connectivity index (χ1v) is 12.6. The van der Waals surface area contributed by atoms with Crippen LogP contribution in [0.15, 0.2) is 42.7 Å². The van der Waals surface area contributed by atoms with E-state index < -0.39 is 35.4 Å². The average Bonchev–Trinajstić information content (AvgIpc) is 3.52. The van der Waals surface area contributed by atoms with E-state index in [4.69, 9.17) is 4.74 Å². The molecule has 2 saturated heterocycles. The Hall–Kier alpha value is -3.38. The Morgan fingerprint density at radius 2 is 1.85 bits per heavy atom. The highest BCUT2D eigenvalue weighted by molar-refractivity contribution is 6.10. The van der Waals surface area contributed by atoms with Gasteiger partial charge in [-0.25, -0.2) is 8.78 Å². The molecule has 0 aliphatic carbocycles. The summed E-state index contributed by atoms with van der Waals surface area (Å²) in [7, 11) is 1.85. The predicted molar refractivity (Wildman–Crippen MR) is 131 cm³/mol. The van der Waals surface area contributed by atoms with Crippen molar-refractivity contribution in [2.45, 2.75) is 43.4 Å². The van der Waals surface area contributed by atoms with Crippen LogP contribution in [0.3, 0.4) is 0 Å². The summed E-state index contributed by atoms with van der Waals surface area (Å²) in [5.41, 5.74) is 0.128. The fourth-order valence-electron chi connectivity index (χ4n) is 5.70. The van der Waals surface area contributed by atoms with Crippen LogP contribution < -0.4 is 4.90 Å². The zero-order valence-electron chi connectivity index (χ0n) is 21.1. The number of fused-ring (bicyclic) bond motifs is 1. The van der Waals surface area contributed by atoms with E-state index in [1.165, 1.54) is 15.9 Å². The molecule has 0 radical (unpaired) electrons. The SMILES string of the molecule is Cn1cnnc1CC1(c2cccc(N3Cc4c(cc(CN5C[C@@H](F)[C@@H](F)C5)cc4C(F)(F)F)C3=O)c2)COC1. The molecule has 4 heterocycles. The number of halogens is 5. The number of aromatic nitrogens is 3. The van der Waals surface area contributed by atoms with Crippen molar-refractivity contribution in [3.63, 3.8) is 0 Å². The van der Waals surface area contributed by atoms with Crippen molar-refractivity contribution in [2.24, 2.45) is 7.05 Å². The summed E-state index contributed by atoms with van der Waals surface area (Å²) in [6, 6.07) is 9.63. The second-order valence-corrected chi connectivity index (χ2v) is 10.6. The Labute approximate surface area is 221 Å². The van der Waals surface area contributed by atoms with Gasteiger partial charge in [-0.05, 0) is 41.0 Å². The molecule has 3 aliphatic rings. The van der Waals surface area contributed by atoms with Crippen LogP contribution in [0.1, 0.15) is 38.4 Å². The molecule has 0 unspecified atom stereocenters. The fourth-order valence-corrected chi connectivity index (χ4v) is 5.70. The van der Waals surface area contributed by atoms with Crippen LogP contribution in [0.25, 0.3) is 0 Å². The maximum absolute atomic E-state index is 14.1. The number of alkyl halides is 5. The van der Waals surface area contributed by atoms with E-state index in [0.717, 1.165) is 17.5 Å². The summed E-state index contributed by atoms with van der Waals surface area (Å²) in [6.45, 7) is 0.162. The number of ether oxygens (including phenoxy) is 1. The molecule has 0 spiro atoms. The summed E-state index contributed by atoms with van der Waals surface area (Å²) in [5.74, 6) is 0.224. The van der Waals surface area contributed by atoms with E-state index >= 15 is 0 Å². The molecule has 2 aromatic carbocycles. The van der Waals surface area contributed by atoms with Crippen LogP contribution in [-0.2, 0) is 42.9 Å². The summed E-state index contributed by atoms with van der Waals surface area (Å²) >= 11 is 0. The Bertz CT molecular complexity index is 1410. The smallest absolute Gasteiger partial charge is 0.379 e. The Morgan fingerprint density at radius 1 is 1.10 bits per heavy atom. The van der Waals surface area contributed by atoms with Gasteiger partial charge in [0.15, 0.2) is 0 Å². The first-order chi connectivity index (χ1) is 18.5. The molecule has 0 saturated carbocycles. The number of hydrogen-bond donors (Lipinski definition) is 0. The van der Waals surface area contributed by atoms with Crippen LogP contribution >= 0.6 is 0 Å². The van der Waals surface area contributed by atoms with Gasteiger partial charge in [0.1, 0.15) is 24.5 Å². The van der Waals surface area contributed by atoms with E-state index in [1.54, 1.807) is 18.5 Å². The third-order valence-electron chi connectivity index (χ3n) is 7.90. The Balaban J connectivity index is 1.31. The lowest BCUT2D eigenvalue weighted by Gasteiger charge is -2.42. The second kappa shape index (κ2) is 9.37. The van der Waals surface area contributed by atoms with Gasteiger partial charge < -0.3 is 14.2 Å². The van der Waals surface area contributed by atoms with Crippen LogP contribution in [0, 0.1) is 0 Å². The number of anilines is 1. The van der Waals surface area contributed by atoms with Gasteiger partial charge >= 0.3 is 6.18 Å². The van der Waals surface area contributed by atoms with Gasteiger partial charge in [0.2, 0.25) is 0 Å². The number of aryl methyl sites for hydroxylation is 1. The molecule has 206 valence electrons. The summed E-state index contributed by atoms with van der Waals surface area (Å²) in [6.07, 6.45) is -5.88. The quantitative estimate of drug-likeness (QED) is 0.437. The summed E-state index contributed by atoms with van der Waals surface area (Å²) in [4.78, 5) is 16.3. The molecule has 39 heavy (non-hydrogen) atoms.